The van der Waals surface area contributed by atoms with Gasteiger partial charge in [-0.1, -0.05) is 66.2 Å². The molecule has 0 bridgehead atoms. The number of allylic oxidation sites excluding steroid dienone is 2. The minimum Gasteiger partial charge on any atom is -0.333 e. The lowest BCUT2D eigenvalue weighted by Crippen LogP contribution is -2.47. The fraction of sp³-hybridized carbons (Fsp3) is 0.241. The summed E-state index contributed by atoms with van der Waals surface area (Å²) in [7, 11) is 0. The molecule has 0 N–H and O–H groups in total. The number of rotatable bonds is 4. The molecular formula is C29H22ClF3N2O. The molecular weight excluding hydrogens is 485 g/mol. The van der Waals surface area contributed by atoms with Crippen molar-refractivity contribution >= 4 is 34.9 Å². The van der Waals surface area contributed by atoms with Crippen LogP contribution in [0.15, 0.2) is 83.9 Å². The first kappa shape index (κ1) is 23.0. The molecule has 7 heteroatoms. The average Bonchev–Trinajstić information content (AvgIpc) is 2.96. The summed E-state index contributed by atoms with van der Waals surface area (Å²) < 4.78 is 38.9. The number of likely N-dealkylation sites (tertiary alicyclic amines) is 1. The molecule has 2 heterocycles. The van der Waals surface area contributed by atoms with E-state index in [1.54, 1.807) is 4.90 Å². The number of amides is 1. The Hall–Kier alpha value is -3.38. The maximum atomic E-state index is 13.5. The lowest BCUT2D eigenvalue weighted by Gasteiger charge is -2.45. The Kier molecular flexibility index (Phi) is 5.52. The second kappa shape index (κ2) is 8.63. The first-order valence-electron chi connectivity index (χ1n) is 11.9. The van der Waals surface area contributed by atoms with Crippen molar-refractivity contribution in [1.82, 2.24) is 4.90 Å². The predicted octanol–water partition coefficient (Wildman–Crippen LogP) is 6.77. The average molecular weight is 507 g/mol. The highest BCUT2D eigenvalue weighted by molar-refractivity contribution is 6.30. The second-order valence-corrected chi connectivity index (χ2v) is 10.0. The highest BCUT2D eigenvalue weighted by Gasteiger charge is 2.59. The second-order valence-electron chi connectivity index (χ2n) is 9.57. The normalized spacial score (nSPS) is 25.0. The Bertz CT molecular complexity index is 1360. The van der Waals surface area contributed by atoms with Gasteiger partial charge in [0.15, 0.2) is 0 Å². The van der Waals surface area contributed by atoms with Gasteiger partial charge in [0, 0.05) is 35.3 Å². The van der Waals surface area contributed by atoms with Gasteiger partial charge in [-0.3, -0.25) is 9.79 Å². The Morgan fingerprint density at radius 2 is 1.61 bits per heavy atom. The van der Waals surface area contributed by atoms with E-state index < -0.39 is 17.8 Å². The van der Waals surface area contributed by atoms with Crippen LogP contribution in [0.25, 0.3) is 11.1 Å². The molecule has 182 valence electrons. The topological polar surface area (TPSA) is 32.7 Å². The Morgan fingerprint density at radius 1 is 0.917 bits per heavy atom. The summed E-state index contributed by atoms with van der Waals surface area (Å²) in [5.41, 5.74) is 4.26. The van der Waals surface area contributed by atoms with E-state index in [0.717, 1.165) is 40.8 Å². The summed E-state index contributed by atoms with van der Waals surface area (Å²) in [5, 5.41) is 0.658. The first-order valence-corrected chi connectivity index (χ1v) is 12.2. The van der Waals surface area contributed by atoms with Crippen molar-refractivity contribution in [1.29, 1.82) is 0 Å². The quantitative estimate of drug-likeness (QED) is 0.384. The minimum absolute atomic E-state index is 0.00404. The highest BCUT2D eigenvalue weighted by atomic mass is 35.5. The van der Waals surface area contributed by atoms with Crippen molar-refractivity contribution in [3.63, 3.8) is 0 Å². The van der Waals surface area contributed by atoms with E-state index in [4.69, 9.17) is 16.6 Å². The van der Waals surface area contributed by atoms with Gasteiger partial charge in [-0.25, -0.2) is 0 Å². The van der Waals surface area contributed by atoms with Crippen LogP contribution in [0.3, 0.4) is 0 Å². The summed E-state index contributed by atoms with van der Waals surface area (Å²) in [5.74, 6) is 0.101. The fourth-order valence-electron chi connectivity index (χ4n) is 5.85. The van der Waals surface area contributed by atoms with E-state index in [2.05, 4.69) is 0 Å². The van der Waals surface area contributed by atoms with Gasteiger partial charge >= 0.3 is 6.18 Å². The smallest absolute Gasteiger partial charge is 0.333 e. The maximum Gasteiger partial charge on any atom is 0.416 e. The molecule has 3 aliphatic rings. The summed E-state index contributed by atoms with van der Waals surface area (Å²) in [6, 6.07) is 22.4. The zero-order valence-corrected chi connectivity index (χ0v) is 19.9. The van der Waals surface area contributed by atoms with Crippen LogP contribution in [0.2, 0.25) is 5.02 Å². The van der Waals surface area contributed by atoms with Crippen LogP contribution >= 0.6 is 11.6 Å². The zero-order valence-electron chi connectivity index (χ0n) is 19.1. The Labute approximate surface area is 211 Å². The predicted molar refractivity (Wildman–Crippen MR) is 134 cm³/mol. The maximum absolute atomic E-state index is 13.5. The molecule has 1 saturated heterocycles. The molecule has 2 fully saturated rings. The van der Waals surface area contributed by atoms with Crippen LogP contribution in [0, 0.1) is 11.8 Å². The van der Waals surface area contributed by atoms with E-state index in [0.29, 0.717) is 10.6 Å². The number of carbonyl (C=O) groups is 1. The van der Waals surface area contributed by atoms with Crippen LogP contribution in [0.1, 0.15) is 28.7 Å². The molecule has 1 amide bonds. The molecule has 4 atom stereocenters. The molecule has 4 unspecified atom stereocenters. The number of benzene rings is 3. The fourth-order valence-corrected chi connectivity index (χ4v) is 5.97. The van der Waals surface area contributed by atoms with Crippen molar-refractivity contribution in [3.05, 3.63) is 106 Å². The standard InChI is InChI=1S/C29H22ClF3N2O/c30-21-12-8-19(9-13-21)25-22-14-24-26(22)27(34-15-23(25)18-4-2-1-3-5-18)28(36)35(24)16-17-6-10-20(11-7-17)29(31,32)33/h1-13,15,22,24,26-27H,14,16H2. The van der Waals surface area contributed by atoms with Crippen LogP contribution in [-0.2, 0) is 17.5 Å². The number of hydrogen-bond donors (Lipinski definition) is 0. The van der Waals surface area contributed by atoms with Gasteiger partial charge in [0.25, 0.3) is 0 Å². The van der Waals surface area contributed by atoms with Crippen LogP contribution < -0.4 is 0 Å². The van der Waals surface area contributed by atoms with Crippen molar-refractivity contribution in [3.8, 4) is 0 Å². The van der Waals surface area contributed by atoms with Crippen molar-refractivity contribution in [2.45, 2.75) is 31.2 Å². The minimum atomic E-state index is -4.38. The van der Waals surface area contributed by atoms with E-state index in [1.807, 2.05) is 60.8 Å². The van der Waals surface area contributed by atoms with Gasteiger partial charge in [-0.2, -0.15) is 13.2 Å². The van der Waals surface area contributed by atoms with Crippen molar-refractivity contribution in [2.24, 2.45) is 16.8 Å². The molecule has 3 aromatic carbocycles. The van der Waals surface area contributed by atoms with E-state index in [9.17, 15) is 18.0 Å². The number of aliphatic imine (C=N–C) groups is 1. The monoisotopic (exact) mass is 506 g/mol. The lowest BCUT2D eigenvalue weighted by molar-refractivity contribution is -0.137. The number of hydrogen-bond acceptors (Lipinski definition) is 2. The van der Waals surface area contributed by atoms with Crippen LogP contribution in [-0.4, -0.2) is 29.1 Å². The third-order valence-electron chi connectivity index (χ3n) is 7.60. The number of alkyl halides is 3. The highest BCUT2D eigenvalue weighted by Crippen LogP contribution is 2.55. The third-order valence-corrected chi connectivity index (χ3v) is 7.86. The largest absolute Gasteiger partial charge is 0.416 e. The molecule has 3 aromatic rings. The van der Waals surface area contributed by atoms with Crippen LogP contribution in [0.4, 0.5) is 13.2 Å². The Balaban J connectivity index is 1.34. The van der Waals surface area contributed by atoms with Gasteiger partial charge in [-0.05, 0) is 58.9 Å². The summed E-state index contributed by atoms with van der Waals surface area (Å²) >= 11 is 6.17. The van der Waals surface area contributed by atoms with Gasteiger partial charge in [0.1, 0.15) is 6.04 Å². The van der Waals surface area contributed by atoms with Gasteiger partial charge in [-0.15, -0.1) is 0 Å². The molecule has 3 nitrogen and oxygen atoms in total. The molecule has 2 aliphatic heterocycles. The summed E-state index contributed by atoms with van der Waals surface area (Å²) in [6.45, 7) is 0.280. The van der Waals surface area contributed by atoms with Gasteiger partial charge < -0.3 is 4.90 Å². The molecule has 0 spiro atoms. The van der Waals surface area contributed by atoms with Gasteiger partial charge in [0.05, 0.1) is 5.56 Å². The molecule has 36 heavy (non-hydrogen) atoms. The Morgan fingerprint density at radius 3 is 2.28 bits per heavy atom. The van der Waals surface area contributed by atoms with E-state index in [1.165, 1.54) is 12.1 Å². The first-order chi connectivity index (χ1) is 17.3. The summed E-state index contributed by atoms with van der Waals surface area (Å²) in [6.07, 6.45) is -1.77. The molecule has 6 rings (SSSR count). The molecule has 1 aliphatic carbocycles. The van der Waals surface area contributed by atoms with Crippen LogP contribution in [0.5, 0.6) is 0 Å². The number of nitrogens with zero attached hydrogens (tertiary/aromatic N) is 2. The van der Waals surface area contributed by atoms with E-state index in [-0.39, 0.29) is 30.3 Å². The third kappa shape index (κ3) is 3.84. The molecule has 0 aromatic heterocycles. The van der Waals surface area contributed by atoms with Crippen molar-refractivity contribution in [2.75, 3.05) is 0 Å². The zero-order chi connectivity index (χ0) is 25.0. The molecule has 1 saturated carbocycles. The van der Waals surface area contributed by atoms with Crippen molar-refractivity contribution < 1.29 is 18.0 Å². The van der Waals surface area contributed by atoms with E-state index >= 15 is 0 Å². The summed E-state index contributed by atoms with van der Waals surface area (Å²) in [4.78, 5) is 20.1. The van der Waals surface area contributed by atoms with Gasteiger partial charge in [0.2, 0.25) is 5.91 Å². The number of carbonyl (C=O) groups excluding carboxylic acids is 1. The number of halogens is 4. The molecule has 0 radical (unpaired) electrons. The lowest BCUT2D eigenvalue weighted by atomic mass is 9.63. The SMILES string of the molecule is O=C1C2N=CC(c3ccccc3)=C(c3ccc(Cl)cc3)C3CC(C32)N1Cc1ccc(C(F)(F)F)cc1.